The number of nitrogens with two attached hydrogens (primary N) is 1. The molecule has 20 heavy (non-hydrogen) atoms. The lowest BCUT2D eigenvalue weighted by Gasteiger charge is -2.10. The number of H-pyrrole nitrogens is 1. The maximum absolute atomic E-state index is 12.0. The number of rotatable bonds is 4. The highest BCUT2D eigenvalue weighted by molar-refractivity contribution is 6.00. The first-order valence-corrected chi connectivity index (χ1v) is 6.34. The molecular weight excluding hydrogens is 256 g/mol. The summed E-state index contributed by atoms with van der Waals surface area (Å²) in [7, 11) is 3.37. The fourth-order valence-electron chi connectivity index (χ4n) is 1.90. The van der Waals surface area contributed by atoms with Gasteiger partial charge in [0.25, 0.3) is 5.91 Å². The maximum Gasteiger partial charge on any atom is 0.267 e. The van der Waals surface area contributed by atoms with Crippen LogP contribution in [-0.2, 0) is 4.79 Å². The minimum absolute atomic E-state index is 0.0220. The molecule has 0 atom stereocenters. The molecule has 1 aromatic heterocycles. The molecule has 0 saturated carbocycles. The molecule has 0 saturated heterocycles. The number of hydrogen-bond acceptors (Lipinski definition) is 3. The van der Waals surface area contributed by atoms with Gasteiger partial charge in [0.15, 0.2) is 0 Å². The molecule has 6 heteroatoms. The van der Waals surface area contributed by atoms with Gasteiger partial charge in [0.1, 0.15) is 5.69 Å². The molecular formula is C14H18N4O2. The largest absolute Gasteiger partial charge is 0.397 e. The van der Waals surface area contributed by atoms with Gasteiger partial charge in [0.05, 0.1) is 11.2 Å². The average Bonchev–Trinajstić information content (AvgIpc) is 2.84. The van der Waals surface area contributed by atoms with Crippen molar-refractivity contribution in [2.45, 2.75) is 6.42 Å². The molecule has 2 aromatic rings. The molecule has 4 N–H and O–H groups in total. The Labute approximate surface area is 116 Å². The quantitative estimate of drug-likeness (QED) is 0.725. The van der Waals surface area contributed by atoms with Crippen LogP contribution in [0.2, 0.25) is 0 Å². The number of aromatic nitrogens is 1. The highest BCUT2D eigenvalue weighted by Crippen LogP contribution is 2.20. The van der Waals surface area contributed by atoms with E-state index in [-0.39, 0.29) is 18.2 Å². The van der Waals surface area contributed by atoms with Gasteiger partial charge in [-0.15, -0.1) is 0 Å². The summed E-state index contributed by atoms with van der Waals surface area (Å²) in [5.74, 6) is -0.265. The number of nitrogens with zero attached hydrogens (tertiary/aromatic N) is 1. The molecule has 0 unspecified atom stereocenters. The number of carbonyl (C=O) groups excluding carboxylic acids is 2. The van der Waals surface area contributed by atoms with Crippen molar-refractivity contribution in [1.29, 1.82) is 0 Å². The number of aromatic amines is 1. The van der Waals surface area contributed by atoms with Crippen LogP contribution in [0, 0.1) is 0 Å². The van der Waals surface area contributed by atoms with E-state index in [0.29, 0.717) is 17.9 Å². The Morgan fingerprint density at radius 3 is 2.75 bits per heavy atom. The monoisotopic (exact) mass is 274 g/mol. The van der Waals surface area contributed by atoms with Crippen LogP contribution in [0.1, 0.15) is 16.9 Å². The Morgan fingerprint density at radius 2 is 2.10 bits per heavy atom. The number of nitrogen functional groups attached to an aromatic ring is 1. The van der Waals surface area contributed by atoms with E-state index < -0.39 is 0 Å². The SMILES string of the molecule is CN(C)C(=O)CCNC(=O)c1cc2cccc(N)c2[nH]1. The van der Waals surface area contributed by atoms with Crippen molar-refractivity contribution in [3.63, 3.8) is 0 Å². The zero-order valence-electron chi connectivity index (χ0n) is 11.6. The third-order valence-electron chi connectivity index (χ3n) is 3.06. The highest BCUT2D eigenvalue weighted by Gasteiger charge is 2.11. The van der Waals surface area contributed by atoms with Crippen molar-refractivity contribution in [2.75, 3.05) is 26.4 Å². The van der Waals surface area contributed by atoms with E-state index in [4.69, 9.17) is 5.73 Å². The van der Waals surface area contributed by atoms with Crippen molar-refractivity contribution >= 4 is 28.4 Å². The number of anilines is 1. The van der Waals surface area contributed by atoms with E-state index in [0.717, 1.165) is 10.9 Å². The Hall–Kier alpha value is -2.50. The van der Waals surface area contributed by atoms with Crippen LogP contribution in [0.25, 0.3) is 10.9 Å². The van der Waals surface area contributed by atoms with Crippen LogP contribution in [0.3, 0.4) is 0 Å². The van der Waals surface area contributed by atoms with Gasteiger partial charge in [-0.05, 0) is 12.1 Å². The van der Waals surface area contributed by atoms with E-state index in [1.165, 1.54) is 4.90 Å². The first-order valence-electron chi connectivity index (χ1n) is 6.34. The molecule has 0 spiro atoms. The van der Waals surface area contributed by atoms with Crippen LogP contribution in [-0.4, -0.2) is 42.3 Å². The predicted molar refractivity (Wildman–Crippen MR) is 78.4 cm³/mol. The van der Waals surface area contributed by atoms with Crippen LogP contribution < -0.4 is 11.1 Å². The molecule has 0 radical (unpaired) electrons. The molecule has 2 amide bonds. The number of para-hydroxylation sites is 1. The van der Waals surface area contributed by atoms with E-state index in [2.05, 4.69) is 10.3 Å². The Morgan fingerprint density at radius 1 is 1.35 bits per heavy atom. The summed E-state index contributed by atoms with van der Waals surface area (Å²) in [6, 6.07) is 7.24. The number of benzene rings is 1. The van der Waals surface area contributed by atoms with Gasteiger partial charge in [-0.1, -0.05) is 12.1 Å². The van der Waals surface area contributed by atoms with E-state index >= 15 is 0 Å². The minimum Gasteiger partial charge on any atom is -0.397 e. The lowest BCUT2D eigenvalue weighted by atomic mass is 10.2. The maximum atomic E-state index is 12.0. The van der Waals surface area contributed by atoms with Crippen LogP contribution in [0.4, 0.5) is 5.69 Å². The number of carbonyl (C=O) groups is 2. The molecule has 106 valence electrons. The summed E-state index contributed by atoms with van der Waals surface area (Å²) in [5, 5.41) is 3.60. The Kier molecular flexibility index (Phi) is 3.93. The molecule has 0 aliphatic rings. The standard InChI is InChI=1S/C14H18N4O2/c1-18(2)12(19)6-7-16-14(20)11-8-9-4-3-5-10(15)13(9)17-11/h3-5,8,17H,6-7,15H2,1-2H3,(H,16,20). The third kappa shape index (κ3) is 2.90. The van der Waals surface area contributed by atoms with Gasteiger partial charge in [0.2, 0.25) is 5.91 Å². The number of fused-ring (bicyclic) bond motifs is 1. The van der Waals surface area contributed by atoms with Crippen LogP contribution in [0.15, 0.2) is 24.3 Å². The van der Waals surface area contributed by atoms with E-state index in [1.807, 2.05) is 12.1 Å². The first-order chi connectivity index (χ1) is 9.49. The van der Waals surface area contributed by atoms with Gasteiger partial charge < -0.3 is 20.9 Å². The van der Waals surface area contributed by atoms with Crippen molar-refractivity contribution < 1.29 is 9.59 Å². The summed E-state index contributed by atoms with van der Waals surface area (Å²) in [4.78, 5) is 27.9. The zero-order chi connectivity index (χ0) is 14.7. The van der Waals surface area contributed by atoms with Gasteiger partial charge in [-0.2, -0.15) is 0 Å². The lowest BCUT2D eigenvalue weighted by Crippen LogP contribution is -2.30. The zero-order valence-corrected chi connectivity index (χ0v) is 11.6. The lowest BCUT2D eigenvalue weighted by molar-refractivity contribution is -0.128. The second-order valence-electron chi connectivity index (χ2n) is 4.79. The molecule has 0 bridgehead atoms. The first kappa shape index (κ1) is 13.9. The van der Waals surface area contributed by atoms with Crippen LogP contribution >= 0.6 is 0 Å². The summed E-state index contributed by atoms with van der Waals surface area (Å²) in [6.07, 6.45) is 0.279. The number of amides is 2. The van der Waals surface area contributed by atoms with E-state index in [9.17, 15) is 9.59 Å². The Bertz CT molecular complexity index is 646. The van der Waals surface area contributed by atoms with Gasteiger partial charge in [-0.25, -0.2) is 0 Å². The van der Waals surface area contributed by atoms with Crippen molar-refractivity contribution in [1.82, 2.24) is 15.2 Å². The molecule has 0 fully saturated rings. The van der Waals surface area contributed by atoms with Crippen molar-refractivity contribution in [2.24, 2.45) is 0 Å². The second-order valence-corrected chi connectivity index (χ2v) is 4.79. The molecule has 1 heterocycles. The molecule has 6 nitrogen and oxygen atoms in total. The smallest absolute Gasteiger partial charge is 0.267 e. The molecule has 1 aromatic carbocycles. The summed E-state index contributed by atoms with van der Waals surface area (Å²) in [5.41, 5.74) is 7.62. The number of nitrogens with one attached hydrogen (secondary N) is 2. The molecule has 0 aliphatic heterocycles. The topological polar surface area (TPSA) is 91.2 Å². The third-order valence-corrected chi connectivity index (χ3v) is 3.06. The van der Waals surface area contributed by atoms with Crippen LogP contribution in [0.5, 0.6) is 0 Å². The number of hydrogen-bond donors (Lipinski definition) is 3. The second kappa shape index (κ2) is 5.64. The predicted octanol–water partition coefficient (Wildman–Crippen LogP) is 0.958. The fraction of sp³-hybridized carbons (Fsp3) is 0.286. The van der Waals surface area contributed by atoms with Crippen molar-refractivity contribution in [3.05, 3.63) is 30.0 Å². The molecule has 0 aliphatic carbocycles. The van der Waals surface area contributed by atoms with Gasteiger partial charge >= 0.3 is 0 Å². The summed E-state index contributed by atoms with van der Waals surface area (Å²) < 4.78 is 0. The Balaban J connectivity index is 2.01. The normalized spacial score (nSPS) is 10.5. The minimum atomic E-state index is -0.243. The summed E-state index contributed by atoms with van der Waals surface area (Å²) >= 11 is 0. The summed E-state index contributed by atoms with van der Waals surface area (Å²) in [6.45, 7) is 0.306. The van der Waals surface area contributed by atoms with E-state index in [1.54, 1.807) is 26.2 Å². The molecule has 2 rings (SSSR count). The average molecular weight is 274 g/mol. The van der Waals surface area contributed by atoms with Gasteiger partial charge in [0, 0.05) is 32.4 Å². The highest BCUT2D eigenvalue weighted by atomic mass is 16.2. The van der Waals surface area contributed by atoms with Gasteiger partial charge in [-0.3, -0.25) is 9.59 Å². The van der Waals surface area contributed by atoms with Crippen molar-refractivity contribution in [3.8, 4) is 0 Å². The fourth-order valence-corrected chi connectivity index (χ4v) is 1.90.